The highest BCUT2D eigenvalue weighted by Crippen LogP contribution is 2.30. The van der Waals surface area contributed by atoms with E-state index in [9.17, 15) is 14.0 Å². The van der Waals surface area contributed by atoms with Crippen LogP contribution in [0.15, 0.2) is 35.3 Å². The predicted molar refractivity (Wildman–Crippen MR) is 92.7 cm³/mol. The van der Waals surface area contributed by atoms with Crippen molar-refractivity contribution in [3.63, 3.8) is 0 Å². The number of para-hydroxylation sites is 1. The van der Waals surface area contributed by atoms with E-state index in [1.807, 2.05) is 0 Å². The molecule has 1 aromatic carbocycles. The van der Waals surface area contributed by atoms with Gasteiger partial charge in [-0.1, -0.05) is 11.3 Å². The van der Waals surface area contributed by atoms with Crippen LogP contribution in [0.1, 0.15) is 28.6 Å². The highest BCUT2D eigenvalue weighted by Gasteiger charge is 2.38. The minimum atomic E-state index is -0.564. The molecule has 138 valence electrons. The van der Waals surface area contributed by atoms with E-state index in [2.05, 4.69) is 15.3 Å². The zero-order valence-corrected chi connectivity index (χ0v) is 14.3. The molecule has 3 aromatic rings. The van der Waals surface area contributed by atoms with Crippen molar-refractivity contribution in [2.24, 2.45) is 0 Å². The number of piperidine rings is 1. The smallest absolute Gasteiger partial charge is 0.270 e. The van der Waals surface area contributed by atoms with Gasteiger partial charge in [-0.15, -0.1) is 5.10 Å². The molecular formula is C18H16FN5O3. The third-order valence-electron chi connectivity index (χ3n) is 5.26. The van der Waals surface area contributed by atoms with Gasteiger partial charge in [0.1, 0.15) is 11.5 Å². The Morgan fingerprint density at radius 1 is 1.37 bits per heavy atom. The first kappa shape index (κ1) is 16.1. The molecule has 1 saturated heterocycles. The van der Waals surface area contributed by atoms with Gasteiger partial charge >= 0.3 is 0 Å². The van der Waals surface area contributed by atoms with Crippen molar-refractivity contribution in [2.45, 2.75) is 25.2 Å². The Balaban J connectivity index is 1.48. The lowest BCUT2D eigenvalue weighted by Crippen LogP contribution is -2.50. The standard InChI is InChI=1S/C18H16FN5O3/c19-12-3-1-2-11-15(25)6-13(21-17(11)12)18(26)23-5-4-16-14(8-23)24-10(9-27-16)7-20-22-24/h1-3,6-7,14,16H,4-5,8-9H2,(H,21,25)/t14-,16+/m0/s1. The van der Waals surface area contributed by atoms with Gasteiger partial charge in [-0.3, -0.25) is 9.59 Å². The zero-order chi connectivity index (χ0) is 18.5. The molecule has 2 aliphatic rings. The molecule has 2 aliphatic heterocycles. The molecule has 5 rings (SSSR count). The summed E-state index contributed by atoms with van der Waals surface area (Å²) in [5.41, 5.74) is 0.599. The van der Waals surface area contributed by atoms with E-state index in [-0.39, 0.29) is 40.1 Å². The van der Waals surface area contributed by atoms with Gasteiger partial charge in [0, 0.05) is 24.5 Å². The van der Waals surface area contributed by atoms with Crippen molar-refractivity contribution < 1.29 is 13.9 Å². The summed E-state index contributed by atoms with van der Waals surface area (Å²) in [6, 6.07) is 5.36. The third-order valence-corrected chi connectivity index (χ3v) is 5.26. The molecule has 0 radical (unpaired) electrons. The number of benzene rings is 1. The van der Waals surface area contributed by atoms with Crippen LogP contribution in [0.3, 0.4) is 0 Å². The van der Waals surface area contributed by atoms with Gasteiger partial charge in [0.2, 0.25) is 0 Å². The van der Waals surface area contributed by atoms with E-state index < -0.39 is 5.82 Å². The first-order valence-corrected chi connectivity index (χ1v) is 8.73. The van der Waals surface area contributed by atoms with Crippen molar-refractivity contribution in [3.05, 3.63) is 57.9 Å². The van der Waals surface area contributed by atoms with Crippen molar-refractivity contribution in [3.8, 4) is 0 Å². The lowest BCUT2D eigenvalue weighted by molar-refractivity contribution is -0.0605. The number of ether oxygens (including phenoxy) is 1. The summed E-state index contributed by atoms with van der Waals surface area (Å²) >= 11 is 0. The quantitative estimate of drug-likeness (QED) is 0.697. The van der Waals surface area contributed by atoms with E-state index in [0.717, 1.165) is 5.69 Å². The van der Waals surface area contributed by atoms with E-state index in [4.69, 9.17) is 4.74 Å². The summed E-state index contributed by atoms with van der Waals surface area (Å²) in [5.74, 6) is -0.908. The van der Waals surface area contributed by atoms with Gasteiger partial charge in [-0.25, -0.2) is 9.07 Å². The summed E-state index contributed by atoms with van der Waals surface area (Å²) < 4.78 is 21.7. The number of carbonyl (C=O) groups excluding carboxylic acids is 1. The van der Waals surface area contributed by atoms with E-state index in [1.165, 1.54) is 24.3 Å². The second-order valence-corrected chi connectivity index (χ2v) is 6.84. The zero-order valence-electron chi connectivity index (χ0n) is 14.3. The number of nitrogens with zero attached hydrogens (tertiary/aromatic N) is 4. The van der Waals surface area contributed by atoms with Gasteiger partial charge in [-0.2, -0.15) is 0 Å². The minimum absolute atomic E-state index is 0.0312. The highest BCUT2D eigenvalue weighted by molar-refractivity contribution is 5.95. The summed E-state index contributed by atoms with van der Waals surface area (Å²) in [6.45, 7) is 1.33. The summed E-state index contributed by atoms with van der Waals surface area (Å²) in [7, 11) is 0. The number of carbonyl (C=O) groups is 1. The molecule has 1 N–H and O–H groups in total. The number of rotatable bonds is 1. The molecule has 9 heteroatoms. The molecule has 0 aliphatic carbocycles. The molecule has 1 amide bonds. The number of H-pyrrole nitrogens is 1. The molecule has 0 spiro atoms. The lowest BCUT2D eigenvalue weighted by Gasteiger charge is -2.40. The van der Waals surface area contributed by atoms with Crippen LogP contribution in [-0.4, -0.2) is 50.0 Å². The molecule has 4 heterocycles. The van der Waals surface area contributed by atoms with Crippen molar-refractivity contribution >= 4 is 16.8 Å². The van der Waals surface area contributed by atoms with Crippen molar-refractivity contribution in [1.82, 2.24) is 24.9 Å². The number of fused-ring (bicyclic) bond motifs is 4. The summed E-state index contributed by atoms with van der Waals surface area (Å²) in [5, 5.41) is 8.25. The summed E-state index contributed by atoms with van der Waals surface area (Å²) in [4.78, 5) is 29.7. The number of aromatic nitrogens is 4. The maximum Gasteiger partial charge on any atom is 0.270 e. The normalized spacial score (nSPS) is 21.7. The number of halogens is 1. The van der Waals surface area contributed by atoms with E-state index in [1.54, 1.807) is 15.8 Å². The Morgan fingerprint density at radius 3 is 3.15 bits per heavy atom. The highest BCUT2D eigenvalue weighted by atomic mass is 19.1. The van der Waals surface area contributed by atoms with Crippen LogP contribution < -0.4 is 5.43 Å². The van der Waals surface area contributed by atoms with Crippen LogP contribution in [0.2, 0.25) is 0 Å². The number of nitrogens with one attached hydrogen (secondary N) is 1. The fourth-order valence-electron chi connectivity index (χ4n) is 3.89. The fourth-order valence-corrected chi connectivity index (χ4v) is 3.89. The number of amides is 1. The Hall–Kier alpha value is -3.07. The second kappa shape index (κ2) is 5.98. The molecule has 0 unspecified atom stereocenters. The van der Waals surface area contributed by atoms with Crippen LogP contribution in [0.5, 0.6) is 0 Å². The molecule has 1 fully saturated rings. The van der Waals surface area contributed by atoms with Crippen LogP contribution in [-0.2, 0) is 11.3 Å². The Kier molecular flexibility index (Phi) is 3.57. The number of hydrogen-bond donors (Lipinski definition) is 1. The second-order valence-electron chi connectivity index (χ2n) is 6.84. The van der Waals surface area contributed by atoms with Crippen LogP contribution in [0, 0.1) is 5.82 Å². The van der Waals surface area contributed by atoms with Gasteiger partial charge < -0.3 is 14.6 Å². The predicted octanol–water partition coefficient (Wildman–Crippen LogP) is 1.24. The Labute approximate surface area is 152 Å². The van der Waals surface area contributed by atoms with Gasteiger partial charge in [0.15, 0.2) is 5.43 Å². The van der Waals surface area contributed by atoms with Crippen LogP contribution in [0.4, 0.5) is 4.39 Å². The lowest BCUT2D eigenvalue weighted by atomic mass is 10.00. The third kappa shape index (κ3) is 2.54. The molecule has 0 bridgehead atoms. The number of aromatic amines is 1. The molecule has 2 atom stereocenters. The average molecular weight is 369 g/mol. The van der Waals surface area contributed by atoms with Crippen molar-refractivity contribution in [1.29, 1.82) is 0 Å². The number of likely N-dealkylation sites (tertiary alicyclic amines) is 1. The molecule has 8 nitrogen and oxygen atoms in total. The van der Waals surface area contributed by atoms with E-state index >= 15 is 0 Å². The monoisotopic (exact) mass is 369 g/mol. The maximum atomic E-state index is 14.1. The van der Waals surface area contributed by atoms with Crippen LogP contribution in [0.25, 0.3) is 10.9 Å². The van der Waals surface area contributed by atoms with Gasteiger partial charge in [-0.05, 0) is 18.6 Å². The largest absolute Gasteiger partial charge is 0.370 e. The Morgan fingerprint density at radius 2 is 2.26 bits per heavy atom. The minimum Gasteiger partial charge on any atom is -0.370 e. The number of pyridine rings is 1. The van der Waals surface area contributed by atoms with Gasteiger partial charge in [0.25, 0.3) is 5.91 Å². The van der Waals surface area contributed by atoms with Crippen molar-refractivity contribution in [2.75, 3.05) is 13.1 Å². The first-order chi connectivity index (χ1) is 13.1. The topological polar surface area (TPSA) is 93.1 Å². The Bertz CT molecular complexity index is 1110. The molecular weight excluding hydrogens is 353 g/mol. The molecule has 0 saturated carbocycles. The average Bonchev–Trinajstić information content (AvgIpc) is 3.17. The fraction of sp³-hybridized carbons (Fsp3) is 0.333. The maximum absolute atomic E-state index is 14.1. The number of hydrogen-bond acceptors (Lipinski definition) is 5. The summed E-state index contributed by atoms with van der Waals surface area (Å²) in [6.07, 6.45) is 2.28. The van der Waals surface area contributed by atoms with Crippen LogP contribution >= 0.6 is 0 Å². The van der Waals surface area contributed by atoms with Gasteiger partial charge in [0.05, 0.1) is 36.2 Å². The SMILES string of the molecule is O=C(c1cc(=O)c2cccc(F)c2[nH]1)N1CC[C@H]2OCc3cnnn3[C@H]2C1. The first-order valence-electron chi connectivity index (χ1n) is 8.73. The molecule has 2 aromatic heterocycles. The van der Waals surface area contributed by atoms with E-state index in [0.29, 0.717) is 26.1 Å². The molecule has 27 heavy (non-hydrogen) atoms.